The van der Waals surface area contributed by atoms with Crippen molar-refractivity contribution in [3.8, 4) is 11.5 Å². The van der Waals surface area contributed by atoms with Crippen molar-refractivity contribution in [2.45, 2.75) is 26.3 Å². The molecule has 4 heteroatoms. The van der Waals surface area contributed by atoms with E-state index in [0.29, 0.717) is 16.5 Å². The Kier molecular flexibility index (Phi) is 5.59. The number of benzene rings is 2. The van der Waals surface area contributed by atoms with Crippen molar-refractivity contribution in [1.82, 2.24) is 5.32 Å². The molecular formula is C17H19ClFNO. The average molecular weight is 308 g/mol. The number of halogens is 2. The third kappa shape index (κ3) is 4.45. The highest BCUT2D eigenvalue weighted by atomic mass is 35.5. The molecule has 0 aliphatic carbocycles. The first kappa shape index (κ1) is 15.8. The molecule has 0 heterocycles. The summed E-state index contributed by atoms with van der Waals surface area (Å²) in [6, 6.07) is 11.9. The fraction of sp³-hybridized carbons (Fsp3) is 0.294. The van der Waals surface area contributed by atoms with Gasteiger partial charge in [0.15, 0.2) is 0 Å². The van der Waals surface area contributed by atoms with Gasteiger partial charge in [0.05, 0.1) is 5.02 Å². The van der Waals surface area contributed by atoms with Crippen molar-refractivity contribution in [3.05, 3.63) is 58.9 Å². The molecular weight excluding hydrogens is 289 g/mol. The summed E-state index contributed by atoms with van der Waals surface area (Å²) in [7, 11) is 0. The molecule has 2 rings (SSSR count). The number of hydrogen-bond donors (Lipinski definition) is 1. The fourth-order valence-electron chi connectivity index (χ4n) is 2.01. The second-order valence-corrected chi connectivity index (χ2v) is 5.33. The predicted molar refractivity (Wildman–Crippen MR) is 84.6 cm³/mol. The zero-order valence-electron chi connectivity index (χ0n) is 12.2. The lowest BCUT2D eigenvalue weighted by Gasteiger charge is -2.15. The molecule has 21 heavy (non-hydrogen) atoms. The standard InChI is InChI=1S/C17H19ClFNO/c1-3-9-20-12(2)13-7-8-17(16(18)10-13)21-15-6-4-5-14(19)11-15/h4-8,10-12,20H,3,9H2,1-2H3. The Labute approximate surface area is 129 Å². The molecule has 2 aromatic rings. The molecule has 0 aliphatic rings. The molecule has 0 aromatic heterocycles. The molecule has 0 aliphatic heterocycles. The van der Waals surface area contributed by atoms with Crippen LogP contribution in [0.2, 0.25) is 5.02 Å². The fourth-order valence-corrected chi connectivity index (χ4v) is 2.23. The maximum Gasteiger partial charge on any atom is 0.146 e. The highest BCUT2D eigenvalue weighted by molar-refractivity contribution is 6.32. The van der Waals surface area contributed by atoms with Crippen LogP contribution in [0.5, 0.6) is 11.5 Å². The summed E-state index contributed by atoms with van der Waals surface area (Å²) in [5.74, 6) is 0.619. The van der Waals surface area contributed by atoms with Gasteiger partial charge in [-0.15, -0.1) is 0 Å². The molecule has 1 N–H and O–H groups in total. The van der Waals surface area contributed by atoms with E-state index in [1.807, 2.05) is 18.2 Å². The normalized spacial score (nSPS) is 12.2. The Bertz CT molecular complexity index is 603. The van der Waals surface area contributed by atoms with E-state index >= 15 is 0 Å². The van der Waals surface area contributed by atoms with Crippen LogP contribution < -0.4 is 10.1 Å². The molecule has 0 saturated heterocycles. The molecule has 0 fully saturated rings. The highest BCUT2D eigenvalue weighted by Crippen LogP contribution is 2.31. The Morgan fingerprint density at radius 1 is 1.24 bits per heavy atom. The van der Waals surface area contributed by atoms with Crippen LogP contribution in [0.1, 0.15) is 31.9 Å². The maximum atomic E-state index is 13.1. The zero-order chi connectivity index (χ0) is 15.2. The summed E-state index contributed by atoms with van der Waals surface area (Å²) < 4.78 is 18.8. The van der Waals surface area contributed by atoms with Crippen molar-refractivity contribution >= 4 is 11.6 Å². The van der Waals surface area contributed by atoms with Crippen LogP contribution in [0.25, 0.3) is 0 Å². The van der Waals surface area contributed by atoms with Crippen molar-refractivity contribution in [2.24, 2.45) is 0 Å². The van der Waals surface area contributed by atoms with Crippen molar-refractivity contribution in [2.75, 3.05) is 6.54 Å². The molecule has 1 unspecified atom stereocenters. The maximum absolute atomic E-state index is 13.1. The van der Waals surface area contributed by atoms with Crippen LogP contribution in [-0.4, -0.2) is 6.54 Å². The van der Waals surface area contributed by atoms with E-state index in [1.165, 1.54) is 12.1 Å². The van der Waals surface area contributed by atoms with Crippen molar-refractivity contribution in [3.63, 3.8) is 0 Å². The smallest absolute Gasteiger partial charge is 0.146 e. The summed E-state index contributed by atoms with van der Waals surface area (Å²) in [4.78, 5) is 0. The van der Waals surface area contributed by atoms with E-state index in [0.717, 1.165) is 18.5 Å². The Balaban J connectivity index is 2.12. The molecule has 0 amide bonds. The predicted octanol–water partition coefficient (Wildman–Crippen LogP) is 5.33. The summed E-state index contributed by atoms with van der Waals surface area (Å²) in [6.07, 6.45) is 1.08. The minimum atomic E-state index is -0.336. The van der Waals surface area contributed by atoms with Gasteiger partial charge in [-0.05, 0) is 49.7 Å². The van der Waals surface area contributed by atoms with Crippen LogP contribution >= 0.6 is 11.6 Å². The van der Waals surface area contributed by atoms with Gasteiger partial charge in [-0.2, -0.15) is 0 Å². The third-order valence-electron chi connectivity index (χ3n) is 3.18. The van der Waals surface area contributed by atoms with Crippen LogP contribution in [-0.2, 0) is 0 Å². The van der Waals surface area contributed by atoms with Crippen LogP contribution in [0, 0.1) is 5.82 Å². The van der Waals surface area contributed by atoms with Gasteiger partial charge < -0.3 is 10.1 Å². The lowest BCUT2D eigenvalue weighted by atomic mass is 10.1. The molecule has 1 atom stereocenters. The topological polar surface area (TPSA) is 21.3 Å². The van der Waals surface area contributed by atoms with Gasteiger partial charge in [0.1, 0.15) is 17.3 Å². The SMILES string of the molecule is CCCNC(C)c1ccc(Oc2cccc(F)c2)c(Cl)c1. The Morgan fingerprint density at radius 3 is 2.71 bits per heavy atom. The molecule has 0 saturated carbocycles. The van der Waals surface area contributed by atoms with Gasteiger partial charge in [0, 0.05) is 12.1 Å². The van der Waals surface area contributed by atoms with Gasteiger partial charge in [0.2, 0.25) is 0 Å². The summed E-state index contributed by atoms with van der Waals surface area (Å²) in [5, 5.41) is 3.92. The van der Waals surface area contributed by atoms with E-state index in [1.54, 1.807) is 12.1 Å². The molecule has 2 nitrogen and oxygen atoms in total. The van der Waals surface area contributed by atoms with E-state index in [-0.39, 0.29) is 11.9 Å². The number of ether oxygens (including phenoxy) is 1. The molecule has 2 aromatic carbocycles. The minimum absolute atomic E-state index is 0.227. The first-order valence-corrected chi connectivity index (χ1v) is 7.44. The highest BCUT2D eigenvalue weighted by Gasteiger charge is 2.09. The van der Waals surface area contributed by atoms with Gasteiger partial charge >= 0.3 is 0 Å². The molecule has 0 spiro atoms. The van der Waals surface area contributed by atoms with Crippen molar-refractivity contribution < 1.29 is 9.13 Å². The van der Waals surface area contributed by atoms with E-state index < -0.39 is 0 Å². The molecule has 0 bridgehead atoms. The van der Waals surface area contributed by atoms with Crippen LogP contribution in [0.15, 0.2) is 42.5 Å². The van der Waals surface area contributed by atoms with E-state index in [9.17, 15) is 4.39 Å². The van der Waals surface area contributed by atoms with Crippen molar-refractivity contribution in [1.29, 1.82) is 0 Å². The van der Waals surface area contributed by atoms with Crippen LogP contribution in [0.3, 0.4) is 0 Å². The number of nitrogens with one attached hydrogen (secondary N) is 1. The number of hydrogen-bond acceptors (Lipinski definition) is 2. The lowest BCUT2D eigenvalue weighted by Crippen LogP contribution is -2.19. The largest absolute Gasteiger partial charge is 0.456 e. The first-order valence-electron chi connectivity index (χ1n) is 7.06. The lowest BCUT2D eigenvalue weighted by molar-refractivity contribution is 0.476. The van der Waals surface area contributed by atoms with Gasteiger partial charge in [0.25, 0.3) is 0 Å². The zero-order valence-corrected chi connectivity index (χ0v) is 13.0. The summed E-state index contributed by atoms with van der Waals surface area (Å²) in [6.45, 7) is 5.18. The number of rotatable bonds is 6. The molecule has 112 valence electrons. The van der Waals surface area contributed by atoms with Crippen LogP contribution in [0.4, 0.5) is 4.39 Å². The van der Waals surface area contributed by atoms with Gasteiger partial charge in [-0.25, -0.2) is 4.39 Å². The average Bonchev–Trinajstić information content (AvgIpc) is 2.47. The Hall–Kier alpha value is -1.58. The third-order valence-corrected chi connectivity index (χ3v) is 3.48. The van der Waals surface area contributed by atoms with E-state index in [4.69, 9.17) is 16.3 Å². The summed E-state index contributed by atoms with van der Waals surface area (Å²) in [5.41, 5.74) is 1.10. The second kappa shape index (κ2) is 7.43. The summed E-state index contributed by atoms with van der Waals surface area (Å²) >= 11 is 6.25. The second-order valence-electron chi connectivity index (χ2n) is 4.93. The molecule has 0 radical (unpaired) electrons. The minimum Gasteiger partial charge on any atom is -0.456 e. The first-order chi connectivity index (χ1) is 10.1. The monoisotopic (exact) mass is 307 g/mol. The van der Waals surface area contributed by atoms with E-state index in [2.05, 4.69) is 19.2 Å². The quantitative estimate of drug-likeness (QED) is 0.778. The Morgan fingerprint density at radius 2 is 2.05 bits per heavy atom. The van der Waals surface area contributed by atoms with Gasteiger partial charge in [-0.3, -0.25) is 0 Å². The van der Waals surface area contributed by atoms with Gasteiger partial charge in [-0.1, -0.05) is 30.7 Å².